The van der Waals surface area contributed by atoms with Crippen LogP contribution in [0.4, 0.5) is 0 Å². The second kappa shape index (κ2) is 5.41. The van der Waals surface area contributed by atoms with Gasteiger partial charge < -0.3 is 5.32 Å². The molecule has 0 radical (unpaired) electrons. The molecule has 0 aromatic heterocycles. The third-order valence-corrected chi connectivity index (χ3v) is 4.59. The van der Waals surface area contributed by atoms with Crippen LogP contribution in [-0.2, 0) is 6.54 Å². The van der Waals surface area contributed by atoms with Gasteiger partial charge in [-0.05, 0) is 30.7 Å². The molecule has 3 atom stereocenters. The standard InChI is InChI=1S/C16H24N2/c1-13-7-8-16(13)17-15-9-10-18(12-15)11-14-5-3-2-4-6-14/h2-6,13,15-17H,7-12H2,1H3. The first kappa shape index (κ1) is 12.2. The third-order valence-electron chi connectivity index (χ3n) is 4.59. The van der Waals surface area contributed by atoms with Gasteiger partial charge in [0, 0.05) is 31.7 Å². The first-order valence-electron chi connectivity index (χ1n) is 7.33. The Hall–Kier alpha value is -0.860. The summed E-state index contributed by atoms with van der Waals surface area (Å²) in [5.41, 5.74) is 1.44. The Morgan fingerprint density at radius 3 is 2.67 bits per heavy atom. The van der Waals surface area contributed by atoms with Gasteiger partial charge in [-0.25, -0.2) is 0 Å². The average molecular weight is 244 g/mol. The van der Waals surface area contributed by atoms with E-state index in [9.17, 15) is 0 Å². The molecule has 1 aliphatic carbocycles. The molecule has 1 aliphatic heterocycles. The minimum Gasteiger partial charge on any atom is -0.310 e. The van der Waals surface area contributed by atoms with Gasteiger partial charge in [-0.15, -0.1) is 0 Å². The number of nitrogens with one attached hydrogen (secondary N) is 1. The SMILES string of the molecule is CC1CCC1NC1CCN(Cc2ccccc2)C1. The largest absolute Gasteiger partial charge is 0.310 e. The highest BCUT2D eigenvalue weighted by molar-refractivity contribution is 5.14. The van der Waals surface area contributed by atoms with Crippen LogP contribution in [0.15, 0.2) is 30.3 Å². The summed E-state index contributed by atoms with van der Waals surface area (Å²) in [6.45, 7) is 5.95. The summed E-state index contributed by atoms with van der Waals surface area (Å²) in [4.78, 5) is 2.58. The molecule has 3 unspecified atom stereocenters. The molecule has 1 saturated heterocycles. The van der Waals surface area contributed by atoms with Crippen LogP contribution in [0, 0.1) is 5.92 Å². The summed E-state index contributed by atoms with van der Waals surface area (Å²) in [5.74, 6) is 0.896. The van der Waals surface area contributed by atoms with Crippen LogP contribution in [-0.4, -0.2) is 30.1 Å². The first-order valence-corrected chi connectivity index (χ1v) is 7.33. The molecule has 1 aromatic rings. The maximum atomic E-state index is 3.84. The maximum absolute atomic E-state index is 3.84. The topological polar surface area (TPSA) is 15.3 Å². The minimum atomic E-state index is 0.724. The molecule has 1 N–H and O–H groups in total. The molecule has 0 spiro atoms. The van der Waals surface area contributed by atoms with Gasteiger partial charge in [0.1, 0.15) is 0 Å². The molecular formula is C16H24N2. The van der Waals surface area contributed by atoms with E-state index >= 15 is 0 Å². The van der Waals surface area contributed by atoms with Gasteiger partial charge in [-0.3, -0.25) is 4.90 Å². The molecule has 1 saturated carbocycles. The Bertz CT molecular complexity index is 376. The Labute approximate surface area is 110 Å². The van der Waals surface area contributed by atoms with Crippen molar-refractivity contribution in [3.05, 3.63) is 35.9 Å². The van der Waals surface area contributed by atoms with Crippen LogP contribution < -0.4 is 5.32 Å². The number of likely N-dealkylation sites (tertiary alicyclic amines) is 1. The first-order chi connectivity index (χ1) is 8.81. The zero-order valence-corrected chi connectivity index (χ0v) is 11.3. The third kappa shape index (κ3) is 2.76. The van der Waals surface area contributed by atoms with Gasteiger partial charge in [0.15, 0.2) is 0 Å². The monoisotopic (exact) mass is 244 g/mol. The van der Waals surface area contributed by atoms with E-state index in [4.69, 9.17) is 0 Å². The van der Waals surface area contributed by atoms with E-state index in [1.807, 2.05) is 0 Å². The van der Waals surface area contributed by atoms with Crippen LogP contribution in [0.25, 0.3) is 0 Å². The highest BCUT2D eigenvalue weighted by atomic mass is 15.2. The van der Waals surface area contributed by atoms with Crippen molar-refractivity contribution in [2.45, 2.75) is 44.8 Å². The lowest BCUT2D eigenvalue weighted by molar-refractivity contribution is 0.207. The highest BCUT2D eigenvalue weighted by Crippen LogP contribution is 2.28. The van der Waals surface area contributed by atoms with Crippen molar-refractivity contribution in [1.29, 1.82) is 0 Å². The van der Waals surface area contributed by atoms with E-state index in [0.717, 1.165) is 24.5 Å². The molecule has 2 heteroatoms. The Morgan fingerprint density at radius 1 is 1.17 bits per heavy atom. The zero-order chi connectivity index (χ0) is 12.4. The van der Waals surface area contributed by atoms with Gasteiger partial charge in [0.25, 0.3) is 0 Å². The van der Waals surface area contributed by atoms with Crippen LogP contribution >= 0.6 is 0 Å². The fourth-order valence-electron chi connectivity index (χ4n) is 3.17. The van der Waals surface area contributed by atoms with E-state index in [1.54, 1.807) is 0 Å². The smallest absolute Gasteiger partial charge is 0.0234 e. The summed E-state index contributed by atoms with van der Waals surface area (Å²) in [5, 5.41) is 3.84. The number of nitrogens with zero attached hydrogens (tertiary/aromatic N) is 1. The van der Waals surface area contributed by atoms with Gasteiger partial charge >= 0.3 is 0 Å². The molecule has 2 aliphatic rings. The van der Waals surface area contributed by atoms with Gasteiger partial charge in [-0.1, -0.05) is 37.3 Å². The Kier molecular flexibility index (Phi) is 3.67. The zero-order valence-electron chi connectivity index (χ0n) is 11.3. The number of rotatable bonds is 4. The van der Waals surface area contributed by atoms with E-state index in [2.05, 4.69) is 47.5 Å². The fraction of sp³-hybridized carbons (Fsp3) is 0.625. The lowest BCUT2D eigenvalue weighted by atomic mass is 9.81. The van der Waals surface area contributed by atoms with Crippen molar-refractivity contribution >= 4 is 0 Å². The average Bonchev–Trinajstić information content (AvgIpc) is 2.83. The van der Waals surface area contributed by atoms with Crippen molar-refractivity contribution in [2.24, 2.45) is 5.92 Å². The van der Waals surface area contributed by atoms with Gasteiger partial charge in [0.2, 0.25) is 0 Å². The quantitative estimate of drug-likeness (QED) is 0.876. The molecule has 2 nitrogen and oxygen atoms in total. The molecule has 98 valence electrons. The molecule has 2 fully saturated rings. The molecule has 0 amide bonds. The molecule has 1 aromatic carbocycles. The van der Waals surface area contributed by atoms with Crippen LogP contribution in [0.2, 0.25) is 0 Å². The van der Waals surface area contributed by atoms with Gasteiger partial charge in [0.05, 0.1) is 0 Å². The molecule has 0 bridgehead atoms. The highest BCUT2D eigenvalue weighted by Gasteiger charge is 2.31. The molecule has 3 rings (SSSR count). The number of benzene rings is 1. The normalized spacial score (nSPS) is 32.4. The fourth-order valence-corrected chi connectivity index (χ4v) is 3.17. The van der Waals surface area contributed by atoms with Crippen molar-refractivity contribution in [1.82, 2.24) is 10.2 Å². The van der Waals surface area contributed by atoms with E-state index in [1.165, 1.54) is 37.9 Å². The maximum Gasteiger partial charge on any atom is 0.0234 e. The summed E-state index contributed by atoms with van der Waals surface area (Å²) >= 11 is 0. The van der Waals surface area contributed by atoms with Crippen LogP contribution in [0.3, 0.4) is 0 Å². The van der Waals surface area contributed by atoms with E-state index in [0.29, 0.717) is 0 Å². The predicted molar refractivity (Wildman–Crippen MR) is 75.4 cm³/mol. The van der Waals surface area contributed by atoms with Gasteiger partial charge in [-0.2, -0.15) is 0 Å². The van der Waals surface area contributed by atoms with Crippen molar-refractivity contribution in [3.8, 4) is 0 Å². The molecule has 1 heterocycles. The Balaban J connectivity index is 1.46. The second-order valence-electron chi connectivity index (χ2n) is 6.03. The summed E-state index contributed by atoms with van der Waals surface area (Å²) in [6, 6.07) is 12.3. The van der Waals surface area contributed by atoms with Crippen LogP contribution in [0.1, 0.15) is 31.7 Å². The summed E-state index contributed by atoms with van der Waals surface area (Å²) < 4.78 is 0. The van der Waals surface area contributed by atoms with Crippen molar-refractivity contribution < 1.29 is 0 Å². The van der Waals surface area contributed by atoms with Crippen molar-refractivity contribution in [2.75, 3.05) is 13.1 Å². The summed E-state index contributed by atoms with van der Waals surface area (Å²) in [6.07, 6.45) is 4.12. The Morgan fingerprint density at radius 2 is 2.00 bits per heavy atom. The van der Waals surface area contributed by atoms with E-state index in [-0.39, 0.29) is 0 Å². The predicted octanol–water partition coefficient (Wildman–Crippen LogP) is 2.65. The van der Waals surface area contributed by atoms with Crippen LogP contribution in [0.5, 0.6) is 0 Å². The number of hydrogen-bond donors (Lipinski definition) is 1. The molecular weight excluding hydrogens is 220 g/mol. The van der Waals surface area contributed by atoms with E-state index < -0.39 is 0 Å². The lowest BCUT2D eigenvalue weighted by Crippen LogP contribution is -2.48. The summed E-state index contributed by atoms with van der Waals surface area (Å²) in [7, 11) is 0. The minimum absolute atomic E-state index is 0.724. The van der Waals surface area contributed by atoms with Crippen molar-refractivity contribution in [3.63, 3.8) is 0 Å². The lowest BCUT2D eigenvalue weighted by Gasteiger charge is -2.36. The second-order valence-corrected chi connectivity index (χ2v) is 6.03. The molecule has 18 heavy (non-hydrogen) atoms. The number of hydrogen-bond acceptors (Lipinski definition) is 2.